The molecule has 0 fully saturated rings. The van der Waals surface area contributed by atoms with Crippen LogP contribution in [0.5, 0.6) is 11.5 Å². The van der Waals surface area contributed by atoms with Crippen LogP contribution in [0.2, 0.25) is 0 Å². The maximum atomic E-state index is 12.7. The van der Waals surface area contributed by atoms with Gasteiger partial charge in [-0.05, 0) is 43.7 Å². The van der Waals surface area contributed by atoms with E-state index in [9.17, 15) is 13.2 Å². The van der Waals surface area contributed by atoms with Gasteiger partial charge in [0.25, 0.3) is 5.91 Å². The van der Waals surface area contributed by atoms with Crippen molar-refractivity contribution in [2.24, 2.45) is 0 Å². The van der Waals surface area contributed by atoms with Gasteiger partial charge >= 0.3 is 0 Å². The first-order chi connectivity index (χ1) is 13.7. The van der Waals surface area contributed by atoms with E-state index in [4.69, 9.17) is 9.47 Å². The Bertz CT molecular complexity index is 928. The number of carbonyl (C=O) groups is 1. The third-order valence-corrected chi connectivity index (χ3v) is 5.81. The van der Waals surface area contributed by atoms with Crippen molar-refractivity contribution >= 4 is 21.6 Å². The molecule has 0 aliphatic heterocycles. The SMILES string of the molecule is CC[C@H](Oc1ccc(N(C)S(C)(=O)=O)cc1)C(=O)N[C@H](C)c1ccccc1OC. The van der Waals surface area contributed by atoms with Crippen LogP contribution in [0, 0.1) is 0 Å². The molecule has 0 spiro atoms. The van der Waals surface area contributed by atoms with Crippen molar-refractivity contribution in [1.82, 2.24) is 5.32 Å². The molecule has 2 atom stereocenters. The first-order valence-corrected chi connectivity index (χ1v) is 11.2. The van der Waals surface area contributed by atoms with Crippen molar-refractivity contribution in [2.75, 3.05) is 24.7 Å². The number of rotatable bonds is 9. The smallest absolute Gasteiger partial charge is 0.261 e. The highest BCUT2D eigenvalue weighted by atomic mass is 32.2. The molecule has 0 aromatic heterocycles. The molecule has 0 saturated carbocycles. The molecule has 29 heavy (non-hydrogen) atoms. The lowest BCUT2D eigenvalue weighted by Gasteiger charge is -2.22. The lowest BCUT2D eigenvalue weighted by molar-refractivity contribution is -0.128. The van der Waals surface area contributed by atoms with E-state index in [-0.39, 0.29) is 11.9 Å². The maximum Gasteiger partial charge on any atom is 0.261 e. The molecule has 1 N–H and O–H groups in total. The molecule has 0 radical (unpaired) electrons. The van der Waals surface area contributed by atoms with Crippen LogP contribution in [-0.4, -0.2) is 40.8 Å². The van der Waals surface area contributed by atoms with Gasteiger partial charge in [0, 0.05) is 12.6 Å². The Balaban J connectivity index is 2.06. The minimum atomic E-state index is -3.34. The fraction of sp³-hybridized carbons (Fsp3) is 0.381. The fourth-order valence-electron chi connectivity index (χ4n) is 2.82. The van der Waals surface area contributed by atoms with E-state index in [2.05, 4.69) is 5.32 Å². The zero-order valence-corrected chi connectivity index (χ0v) is 18.2. The van der Waals surface area contributed by atoms with Gasteiger partial charge in [-0.25, -0.2) is 8.42 Å². The number of hydrogen-bond donors (Lipinski definition) is 1. The first kappa shape index (κ1) is 22.5. The van der Waals surface area contributed by atoms with Gasteiger partial charge in [0.1, 0.15) is 11.5 Å². The molecule has 7 nitrogen and oxygen atoms in total. The number of nitrogens with one attached hydrogen (secondary N) is 1. The molecule has 1 amide bonds. The number of methoxy groups -OCH3 is 1. The van der Waals surface area contributed by atoms with Crippen LogP contribution >= 0.6 is 0 Å². The van der Waals surface area contributed by atoms with E-state index in [1.165, 1.54) is 11.4 Å². The van der Waals surface area contributed by atoms with E-state index in [0.717, 1.165) is 11.8 Å². The highest BCUT2D eigenvalue weighted by Crippen LogP contribution is 2.25. The molecule has 0 heterocycles. The summed E-state index contributed by atoms with van der Waals surface area (Å²) in [6.45, 7) is 3.75. The minimum Gasteiger partial charge on any atom is -0.496 e. The molecule has 0 aliphatic carbocycles. The van der Waals surface area contributed by atoms with Gasteiger partial charge < -0.3 is 14.8 Å². The summed E-state index contributed by atoms with van der Waals surface area (Å²) in [4.78, 5) is 12.7. The molecule has 158 valence electrons. The summed E-state index contributed by atoms with van der Waals surface area (Å²) in [5.74, 6) is 0.964. The summed E-state index contributed by atoms with van der Waals surface area (Å²) < 4.78 is 35.6. The third-order valence-electron chi connectivity index (χ3n) is 4.60. The van der Waals surface area contributed by atoms with Gasteiger partial charge in [-0.3, -0.25) is 9.10 Å². The zero-order valence-electron chi connectivity index (χ0n) is 17.4. The molecule has 2 aromatic carbocycles. The summed E-state index contributed by atoms with van der Waals surface area (Å²) in [5, 5.41) is 2.96. The molecule has 0 saturated heterocycles. The molecule has 0 aliphatic rings. The molecule has 2 aromatic rings. The predicted octanol–water partition coefficient (Wildman–Crippen LogP) is 3.13. The summed E-state index contributed by atoms with van der Waals surface area (Å²) in [6.07, 6.45) is 0.943. The van der Waals surface area contributed by atoms with Crippen molar-refractivity contribution in [1.29, 1.82) is 0 Å². The number of sulfonamides is 1. The Hall–Kier alpha value is -2.74. The average Bonchev–Trinajstić information content (AvgIpc) is 2.70. The number of hydrogen-bond acceptors (Lipinski definition) is 5. The second-order valence-electron chi connectivity index (χ2n) is 6.71. The number of anilines is 1. The first-order valence-electron chi connectivity index (χ1n) is 9.31. The number of nitrogens with zero attached hydrogens (tertiary/aromatic N) is 1. The predicted molar refractivity (Wildman–Crippen MR) is 114 cm³/mol. The zero-order chi connectivity index (χ0) is 21.6. The molecular weight excluding hydrogens is 392 g/mol. The summed E-state index contributed by atoms with van der Waals surface area (Å²) >= 11 is 0. The van der Waals surface area contributed by atoms with Crippen molar-refractivity contribution in [3.05, 3.63) is 54.1 Å². The van der Waals surface area contributed by atoms with E-state index in [1.807, 2.05) is 38.1 Å². The van der Waals surface area contributed by atoms with E-state index >= 15 is 0 Å². The lowest BCUT2D eigenvalue weighted by atomic mass is 10.1. The molecule has 8 heteroatoms. The van der Waals surface area contributed by atoms with Crippen LogP contribution in [-0.2, 0) is 14.8 Å². The van der Waals surface area contributed by atoms with Crippen molar-refractivity contribution < 1.29 is 22.7 Å². The Morgan fingerprint density at radius 1 is 1.14 bits per heavy atom. The van der Waals surface area contributed by atoms with E-state index in [1.54, 1.807) is 31.4 Å². The highest BCUT2D eigenvalue weighted by Gasteiger charge is 2.22. The van der Waals surface area contributed by atoms with Crippen LogP contribution in [0.15, 0.2) is 48.5 Å². The number of para-hydroxylation sites is 1. The third kappa shape index (κ3) is 5.87. The number of amides is 1. The Labute approximate surface area is 172 Å². The molecule has 2 rings (SSSR count). The van der Waals surface area contributed by atoms with Gasteiger partial charge in [-0.2, -0.15) is 0 Å². The fourth-order valence-corrected chi connectivity index (χ4v) is 3.33. The summed E-state index contributed by atoms with van der Waals surface area (Å²) in [7, 11) is -0.265. The van der Waals surface area contributed by atoms with Gasteiger partial charge in [0.2, 0.25) is 10.0 Å². The maximum absolute atomic E-state index is 12.7. The van der Waals surface area contributed by atoms with Gasteiger partial charge in [0.15, 0.2) is 6.10 Å². The standard InChI is InChI=1S/C21H28N2O5S/c1-6-19(21(24)22-15(2)18-9-7-8-10-20(18)27-4)28-17-13-11-16(12-14-17)23(3)29(5,25)26/h7-15,19H,6H2,1-5H3,(H,22,24)/t15-,19+/m1/s1. The molecule has 0 unspecified atom stereocenters. The quantitative estimate of drug-likeness (QED) is 0.674. The van der Waals surface area contributed by atoms with E-state index < -0.39 is 16.1 Å². The second-order valence-corrected chi connectivity index (χ2v) is 8.73. The molecule has 0 bridgehead atoms. The van der Waals surface area contributed by atoms with Crippen molar-refractivity contribution in [3.63, 3.8) is 0 Å². The Morgan fingerprint density at radius 2 is 1.76 bits per heavy atom. The van der Waals surface area contributed by atoms with Gasteiger partial charge in [0.05, 0.1) is 25.1 Å². The second kappa shape index (κ2) is 9.65. The Kier molecular flexibility index (Phi) is 7.50. The average molecular weight is 421 g/mol. The Morgan fingerprint density at radius 3 is 2.31 bits per heavy atom. The number of carbonyl (C=O) groups excluding carboxylic acids is 1. The van der Waals surface area contributed by atoms with E-state index in [0.29, 0.717) is 23.6 Å². The lowest BCUT2D eigenvalue weighted by Crippen LogP contribution is -2.39. The monoisotopic (exact) mass is 420 g/mol. The topological polar surface area (TPSA) is 84.9 Å². The van der Waals surface area contributed by atoms with Gasteiger partial charge in [-0.15, -0.1) is 0 Å². The van der Waals surface area contributed by atoms with Crippen molar-refractivity contribution in [3.8, 4) is 11.5 Å². The van der Waals surface area contributed by atoms with Crippen LogP contribution in [0.3, 0.4) is 0 Å². The van der Waals surface area contributed by atoms with Gasteiger partial charge in [-0.1, -0.05) is 25.1 Å². The summed E-state index contributed by atoms with van der Waals surface area (Å²) in [5.41, 5.74) is 1.40. The van der Waals surface area contributed by atoms with Crippen molar-refractivity contribution in [2.45, 2.75) is 32.4 Å². The van der Waals surface area contributed by atoms with Crippen LogP contribution in [0.25, 0.3) is 0 Å². The summed E-state index contributed by atoms with van der Waals surface area (Å²) in [6, 6.07) is 13.8. The normalized spacial score (nSPS) is 13.3. The largest absolute Gasteiger partial charge is 0.496 e. The molecular formula is C21H28N2O5S. The number of benzene rings is 2. The highest BCUT2D eigenvalue weighted by molar-refractivity contribution is 7.92. The van der Waals surface area contributed by atoms with Crippen LogP contribution < -0.4 is 19.1 Å². The number of ether oxygens (including phenoxy) is 2. The minimum absolute atomic E-state index is 0.233. The van der Waals surface area contributed by atoms with Crippen LogP contribution in [0.4, 0.5) is 5.69 Å². The van der Waals surface area contributed by atoms with Crippen LogP contribution in [0.1, 0.15) is 31.9 Å².